The maximum atomic E-state index is 4.34. The Balaban J connectivity index is 1.70. The first-order valence-electron chi connectivity index (χ1n) is 8.12. The molecule has 0 amide bonds. The normalized spacial score (nSPS) is 12.3. The number of rotatable bonds is 5. The van der Waals surface area contributed by atoms with E-state index >= 15 is 0 Å². The van der Waals surface area contributed by atoms with E-state index in [0.29, 0.717) is 5.92 Å². The van der Waals surface area contributed by atoms with Crippen LogP contribution in [0.3, 0.4) is 0 Å². The van der Waals surface area contributed by atoms with Crippen LogP contribution in [0.15, 0.2) is 54.7 Å². The molecule has 3 rings (SSSR count). The molecule has 1 heterocycles. The van der Waals surface area contributed by atoms with Gasteiger partial charge in [0.25, 0.3) is 0 Å². The summed E-state index contributed by atoms with van der Waals surface area (Å²) in [6, 6.07) is 17.0. The molecule has 0 radical (unpaired) electrons. The number of hydrogen-bond acceptors (Lipinski definition) is 2. The third kappa shape index (κ3) is 3.86. The van der Waals surface area contributed by atoms with Gasteiger partial charge in [0.05, 0.1) is 12.2 Å². The predicted molar refractivity (Wildman–Crippen MR) is 93.6 cm³/mol. The first-order chi connectivity index (χ1) is 11.1. The maximum absolute atomic E-state index is 4.34. The molecule has 0 aliphatic rings. The van der Waals surface area contributed by atoms with E-state index in [1.54, 1.807) is 0 Å². The highest BCUT2D eigenvalue weighted by molar-refractivity contribution is 5.33. The minimum atomic E-state index is 0.441. The van der Waals surface area contributed by atoms with Crippen LogP contribution in [0.25, 0.3) is 0 Å². The fraction of sp³-hybridized carbons (Fsp3) is 0.300. The van der Waals surface area contributed by atoms with Gasteiger partial charge in [-0.3, -0.25) is 0 Å². The lowest BCUT2D eigenvalue weighted by Gasteiger charge is -2.14. The number of hydrogen-bond donors (Lipinski definition) is 0. The van der Waals surface area contributed by atoms with Gasteiger partial charge in [-0.15, -0.1) is 5.10 Å². The second kappa shape index (κ2) is 6.78. The fourth-order valence-electron chi connectivity index (χ4n) is 2.99. The zero-order valence-electron chi connectivity index (χ0n) is 14.0. The molecule has 1 atom stereocenters. The summed E-state index contributed by atoms with van der Waals surface area (Å²) in [7, 11) is 0. The molecular formula is C20H23N3. The summed E-state index contributed by atoms with van der Waals surface area (Å²) in [5.74, 6) is 0.441. The van der Waals surface area contributed by atoms with Crippen LogP contribution in [0.1, 0.15) is 40.8 Å². The highest BCUT2D eigenvalue weighted by Crippen LogP contribution is 2.24. The van der Waals surface area contributed by atoms with Crippen molar-refractivity contribution in [2.45, 2.75) is 39.7 Å². The van der Waals surface area contributed by atoms with Gasteiger partial charge in [-0.2, -0.15) is 0 Å². The Bertz CT molecular complexity index is 775. The van der Waals surface area contributed by atoms with Crippen LogP contribution in [0.5, 0.6) is 0 Å². The summed E-state index contributed by atoms with van der Waals surface area (Å²) >= 11 is 0. The molecule has 1 unspecified atom stereocenters. The summed E-state index contributed by atoms with van der Waals surface area (Å²) in [4.78, 5) is 0. The Kier molecular flexibility index (Phi) is 4.56. The van der Waals surface area contributed by atoms with E-state index in [0.717, 1.165) is 18.7 Å². The molecule has 3 aromatic rings. The van der Waals surface area contributed by atoms with Gasteiger partial charge in [0.15, 0.2) is 0 Å². The van der Waals surface area contributed by atoms with Crippen molar-refractivity contribution in [2.75, 3.05) is 0 Å². The van der Waals surface area contributed by atoms with E-state index < -0.39 is 0 Å². The molecule has 1 aromatic heterocycles. The SMILES string of the molecule is Cc1ccc(C)c(C(C)Cc2cn(Cc3ccccc3)nn2)c1. The summed E-state index contributed by atoms with van der Waals surface area (Å²) in [5, 5.41) is 8.61. The van der Waals surface area contributed by atoms with Crippen LogP contribution in [-0.2, 0) is 13.0 Å². The van der Waals surface area contributed by atoms with E-state index in [9.17, 15) is 0 Å². The van der Waals surface area contributed by atoms with Crippen LogP contribution in [0, 0.1) is 13.8 Å². The van der Waals surface area contributed by atoms with Crippen LogP contribution in [0.4, 0.5) is 0 Å². The monoisotopic (exact) mass is 305 g/mol. The number of aryl methyl sites for hydroxylation is 2. The smallest absolute Gasteiger partial charge is 0.0833 e. The fourth-order valence-corrected chi connectivity index (χ4v) is 2.99. The van der Waals surface area contributed by atoms with E-state index in [4.69, 9.17) is 0 Å². The molecule has 0 fully saturated rings. The Morgan fingerprint density at radius 1 is 1.04 bits per heavy atom. The van der Waals surface area contributed by atoms with Crippen molar-refractivity contribution in [3.8, 4) is 0 Å². The van der Waals surface area contributed by atoms with E-state index in [1.165, 1.54) is 22.3 Å². The highest BCUT2D eigenvalue weighted by atomic mass is 15.4. The molecule has 2 aromatic carbocycles. The molecule has 0 saturated carbocycles. The molecular weight excluding hydrogens is 282 g/mol. The Labute approximate surface area is 138 Å². The van der Waals surface area contributed by atoms with Gasteiger partial charge in [0, 0.05) is 6.20 Å². The van der Waals surface area contributed by atoms with Gasteiger partial charge in [-0.1, -0.05) is 66.2 Å². The summed E-state index contributed by atoms with van der Waals surface area (Å²) in [5.41, 5.74) is 6.36. The van der Waals surface area contributed by atoms with Crippen molar-refractivity contribution in [2.24, 2.45) is 0 Å². The van der Waals surface area contributed by atoms with Crippen LogP contribution in [-0.4, -0.2) is 15.0 Å². The molecule has 118 valence electrons. The average Bonchev–Trinajstić information content (AvgIpc) is 2.97. The maximum Gasteiger partial charge on any atom is 0.0833 e. The molecule has 0 aliphatic heterocycles. The molecule has 0 spiro atoms. The van der Waals surface area contributed by atoms with Gasteiger partial charge < -0.3 is 0 Å². The standard InChI is InChI=1S/C20H23N3/c1-15-9-10-16(2)20(11-15)17(3)12-19-14-23(22-21-19)13-18-7-5-4-6-8-18/h4-11,14,17H,12-13H2,1-3H3. The van der Waals surface area contributed by atoms with Crippen LogP contribution >= 0.6 is 0 Å². The lowest BCUT2D eigenvalue weighted by atomic mass is 9.91. The van der Waals surface area contributed by atoms with Crippen molar-refractivity contribution in [3.63, 3.8) is 0 Å². The Hall–Kier alpha value is -2.42. The predicted octanol–water partition coefficient (Wildman–Crippen LogP) is 4.29. The molecule has 0 bridgehead atoms. The van der Waals surface area contributed by atoms with Crippen molar-refractivity contribution < 1.29 is 0 Å². The number of benzene rings is 2. The minimum absolute atomic E-state index is 0.441. The molecule has 0 N–H and O–H groups in total. The van der Waals surface area contributed by atoms with Crippen LogP contribution in [0.2, 0.25) is 0 Å². The zero-order valence-corrected chi connectivity index (χ0v) is 14.0. The lowest BCUT2D eigenvalue weighted by Crippen LogP contribution is -2.02. The summed E-state index contributed by atoms with van der Waals surface area (Å²) < 4.78 is 1.92. The third-order valence-electron chi connectivity index (χ3n) is 4.25. The third-order valence-corrected chi connectivity index (χ3v) is 4.25. The van der Waals surface area contributed by atoms with E-state index in [-0.39, 0.29) is 0 Å². The molecule has 23 heavy (non-hydrogen) atoms. The van der Waals surface area contributed by atoms with Crippen molar-refractivity contribution in [3.05, 3.63) is 82.7 Å². The van der Waals surface area contributed by atoms with Crippen molar-refractivity contribution >= 4 is 0 Å². The Morgan fingerprint density at radius 3 is 2.61 bits per heavy atom. The van der Waals surface area contributed by atoms with Crippen molar-refractivity contribution in [1.29, 1.82) is 0 Å². The Morgan fingerprint density at radius 2 is 1.83 bits per heavy atom. The molecule has 0 saturated heterocycles. The first kappa shape index (κ1) is 15.5. The zero-order chi connectivity index (χ0) is 16.2. The van der Waals surface area contributed by atoms with Gasteiger partial charge in [-0.05, 0) is 42.9 Å². The second-order valence-corrected chi connectivity index (χ2v) is 6.36. The van der Waals surface area contributed by atoms with Gasteiger partial charge >= 0.3 is 0 Å². The molecule has 0 aliphatic carbocycles. The number of aromatic nitrogens is 3. The average molecular weight is 305 g/mol. The first-order valence-corrected chi connectivity index (χ1v) is 8.12. The topological polar surface area (TPSA) is 30.7 Å². The molecule has 3 nitrogen and oxygen atoms in total. The lowest BCUT2D eigenvalue weighted by molar-refractivity contribution is 0.648. The number of nitrogens with zero attached hydrogens (tertiary/aromatic N) is 3. The van der Waals surface area contributed by atoms with Gasteiger partial charge in [0.1, 0.15) is 0 Å². The second-order valence-electron chi connectivity index (χ2n) is 6.36. The quantitative estimate of drug-likeness (QED) is 0.704. The van der Waals surface area contributed by atoms with Crippen molar-refractivity contribution in [1.82, 2.24) is 15.0 Å². The van der Waals surface area contributed by atoms with Crippen LogP contribution < -0.4 is 0 Å². The summed E-state index contributed by atoms with van der Waals surface area (Å²) in [6.45, 7) is 7.35. The van der Waals surface area contributed by atoms with Gasteiger partial charge in [0.2, 0.25) is 0 Å². The van der Waals surface area contributed by atoms with Gasteiger partial charge in [-0.25, -0.2) is 4.68 Å². The summed E-state index contributed by atoms with van der Waals surface area (Å²) in [6.07, 6.45) is 2.98. The van der Waals surface area contributed by atoms with E-state index in [2.05, 4.69) is 79.7 Å². The minimum Gasteiger partial charge on any atom is -0.248 e. The largest absolute Gasteiger partial charge is 0.248 e. The van der Waals surface area contributed by atoms with E-state index in [1.807, 2.05) is 10.7 Å². The molecule has 3 heteroatoms. The highest BCUT2D eigenvalue weighted by Gasteiger charge is 2.12.